The first kappa shape index (κ1) is 24.7. The van der Waals surface area contributed by atoms with Gasteiger partial charge in [0, 0.05) is 26.2 Å². The molecule has 1 saturated heterocycles. The summed E-state index contributed by atoms with van der Waals surface area (Å²) in [7, 11) is 2.15. The van der Waals surface area contributed by atoms with Crippen LogP contribution in [0.25, 0.3) is 0 Å². The lowest BCUT2D eigenvalue weighted by Crippen LogP contribution is -2.40. The molecule has 0 radical (unpaired) electrons. The molecule has 6 nitrogen and oxygen atoms in total. The Morgan fingerprint density at radius 1 is 1.06 bits per heavy atom. The van der Waals surface area contributed by atoms with Gasteiger partial charge in [-0.25, -0.2) is 0 Å². The number of carbonyl (C=O) groups is 1. The van der Waals surface area contributed by atoms with Gasteiger partial charge in [0.2, 0.25) is 0 Å². The van der Waals surface area contributed by atoms with Crippen molar-refractivity contribution in [1.29, 1.82) is 0 Å². The zero-order valence-corrected chi connectivity index (χ0v) is 19.2. The molecular weight excluding hydrogens is 392 g/mol. The molecule has 0 spiro atoms. The van der Waals surface area contributed by atoms with E-state index in [1.54, 1.807) is 6.07 Å². The summed E-state index contributed by atoms with van der Waals surface area (Å²) in [4.78, 5) is 13.1. The van der Waals surface area contributed by atoms with E-state index in [0.29, 0.717) is 19.1 Å². The molecule has 1 aliphatic heterocycles. The van der Waals surface area contributed by atoms with E-state index in [1.165, 1.54) is 13.1 Å². The molecule has 2 N–H and O–H groups in total. The van der Waals surface area contributed by atoms with Crippen molar-refractivity contribution in [1.82, 2.24) is 10.2 Å². The van der Waals surface area contributed by atoms with Crippen LogP contribution >= 0.6 is 0 Å². The molecule has 170 valence electrons. The second-order valence-electron chi connectivity index (χ2n) is 8.36. The molecule has 0 atom stereocenters. The van der Waals surface area contributed by atoms with E-state index in [-0.39, 0.29) is 6.42 Å². The van der Waals surface area contributed by atoms with E-state index < -0.39 is 5.97 Å². The predicted octanol–water partition coefficient (Wildman–Crippen LogP) is 3.76. The number of aliphatic carboxylic acids is 1. The second-order valence-corrected chi connectivity index (χ2v) is 8.36. The van der Waals surface area contributed by atoms with Gasteiger partial charge in [0.1, 0.15) is 18.1 Å². The Morgan fingerprint density at radius 3 is 2.23 bits per heavy atom. The van der Waals surface area contributed by atoms with Crippen molar-refractivity contribution in [2.24, 2.45) is 5.92 Å². The van der Waals surface area contributed by atoms with Crippen molar-refractivity contribution in [2.75, 3.05) is 39.8 Å². The number of nitrogens with one attached hydrogen (secondary N) is 1. The number of hydrogen-bond acceptors (Lipinski definition) is 5. The number of ether oxygens (including phenoxy) is 2. The number of nitrogens with zero attached hydrogens (tertiary/aromatic N) is 1. The number of carboxylic acids is 1. The zero-order valence-electron chi connectivity index (χ0n) is 19.2. The van der Waals surface area contributed by atoms with Gasteiger partial charge in [0.05, 0.1) is 13.0 Å². The Kier molecular flexibility index (Phi) is 10.3. The Labute approximate surface area is 186 Å². The molecule has 2 aromatic carbocycles. The highest BCUT2D eigenvalue weighted by molar-refractivity contribution is 5.70. The van der Waals surface area contributed by atoms with Gasteiger partial charge in [-0.3, -0.25) is 4.79 Å². The molecule has 0 amide bonds. The number of benzene rings is 2. The van der Waals surface area contributed by atoms with Gasteiger partial charge in [0.25, 0.3) is 0 Å². The van der Waals surface area contributed by atoms with Gasteiger partial charge in [0.15, 0.2) is 0 Å². The van der Waals surface area contributed by atoms with Gasteiger partial charge in [-0.05, 0) is 54.8 Å². The minimum absolute atomic E-state index is 0.0267. The summed E-state index contributed by atoms with van der Waals surface area (Å²) >= 11 is 0. The summed E-state index contributed by atoms with van der Waals surface area (Å²) in [5.41, 5.74) is 2.77. The number of aryl methyl sites for hydroxylation is 1. The average molecular weight is 429 g/mol. The third-order valence-corrected chi connectivity index (χ3v) is 4.84. The average Bonchev–Trinajstić information content (AvgIpc) is 2.73. The Morgan fingerprint density at radius 2 is 1.71 bits per heavy atom. The van der Waals surface area contributed by atoms with Crippen LogP contribution in [0, 0.1) is 12.8 Å². The van der Waals surface area contributed by atoms with Crippen LogP contribution in [-0.4, -0.2) is 55.8 Å². The smallest absolute Gasteiger partial charge is 0.307 e. The lowest BCUT2D eigenvalue weighted by Gasteiger charge is -2.21. The third-order valence-electron chi connectivity index (χ3n) is 4.84. The Bertz CT molecular complexity index is 800. The van der Waals surface area contributed by atoms with Gasteiger partial charge >= 0.3 is 5.97 Å². The molecule has 0 saturated carbocycles. The molecule has 0 unspecified atom stereocenters. The first-order valence-corrected chi connectivity index (χ1v) is 10.9. The first-order valence-electron chi connectivity index (χ1n) is 10.9. The molecule has 0 aliphatic carbocycles. The number of likely N-dealkylation sites (N-methyl/N-ethyl adjacent to an activating group) is 1. The SMILES string of the molecule is CN1CCNCC1.Cc1cc(CC(=O)O)ccc1OCc1ccc(OCC(C)C)cc1. The normalized spacial score (nSPS) is 14.0. The Balaban J connectivity index is 0.000000412. The van der Waals surface area contributed by atoms with E-state index in [9.17, 15) is 4.79 Å². The minimum atomic E-state index is -0.831. The van der Waals surface area contributed by atoms with Gasteiger partial charge in [-0.2, -0.15) is 0 Å². The number of piperazine rings is 1. The van der Waals surface area contributed by atoms with Crippen LogP contribution in [0.2, 0.25) is 0 Å². The van der Waals surface area contributed by atoms with Gasteiger partial charge in [-0.1, -0.05) is 38.1 Å². The maximum Gasteiger partial charge on any atom is 0.307 e. The van der Waals surface area contributed by atoms with Crippen LogP contribution in [0.3, 0.4) is 0 Å². The number of rotatable bonds is 8. The van der Waals surface area contributed by atoms with Crippen LogP contribution in [0.4, 0.5) is 0 Å². The van der Waals surface area contributed by atoms with Crippen LogP contribution < -0.4 is 14.8 Å². The summed E-state index contributed by atoms with van der Waals surface area (Å²) in [6, 6.07) is 13.3. The monoisotopic (exact) mass is 428 g/mol. The van der Waals surface area contributed by atoms with E-state index in [1.807, 2.05) is 43.3 Å². The molecule has 6 heteroatoms. The standard InChI is InChI=1S/C20H24O4.C5H12N2/c1-14(2)12-23-18-7-4-16(5-8-18)13-24-19-9-6-17(10-15(19)3)11-20(21)22;1-7-4-2-6-3-5-7/h4-10,14H,11-13H2,1-3H3,(H,21,22);6H,2-5H2,1H3. The lowest BCUT2D eigenvalue weighted by atomic mass is 10.1. The minimum Gasteiger partial charge on any atom is -0.493 e. The van der Waals surface area contributed by atoms with Crippen molar-refractivity contribution in [3.63, 3.8) is 0 Å². The maximum atomic E-state index is 10.7. The van der Waals surface area contributed by atoms with Crippen molar-refractivity contribution < 1.29 is 19.4 Å². The molecule has 0 aromatic heterocycles. The van der Waals surface area contributed by atoms with E-state index in [0.717, 1.165) is 41.3 Å². The fraction of sp³-hybridized carbons (Fsp3) is 0.480. The van der Waals surface area contributed by atoms with Crippen LogP contribution in [0.1, 0.15) is 30.5 Å². The third kappa shape index (κ3) is 9.85. The molecule has 1 fully saturated rings. The molecule has 1 aliphatic rings. The molecule has 3 rings (SSSR count). The van der Waals surface area contributed by atoms with E-state index in [2.05, 4.69) is 31.1 Å². The summed E-state index contributed by atoms with van der Waals surface area (Å²) < 4.78 is 11.5. The highest BCUT2D eigenvalue weighted by Crippen LogP contribution is 2.21. The van der Waals surface area contributed by atoms with Crippen molar-refractivity contribution in [3.05, 3.63) is 59.2 Å². The zero-order chi connectivity index (χ0) is 22.6. The molecule has 31 heavy (non-hydrogen) atoms. The number of carboxylic acid groups (broad SMARTS) is 1. The summed E-state index contributed by atoms with van der Waals surface area (Å²) in [5, 5.41) is 12.1. The van der Waals surface area contributed by atoms with Crippen molar-refractivity contribution >= 4 is 5.97 Å². The van der Waals surface area contributed by atoms with E-state index >= 15 is 0 Å². The lowest BCUT2D eigenvalue weighted by molar-refractivity contribution is -0.136. The molecule has 0 bridgehead atoms. The second kappa shape index (κ2) is 13.0. The van der Waals surface area contributed by atoms with Crippen LogP contribution in [-0.2, 0) is 17.8 Å². The fourth-order valence-electron chi connectivity index (χ4n) is 3.04. The summed E-state index contributed by atoms with van der Waals surface area (Å²) in [5.74, 6) is 1.30. The molecule has 1 heterocycles. The highest BCUT2D eigenvalue weighted by Gasteiger charge is 2.06. The van der Waals surface area contributed by atoms with Gasteiger partial charge < -0.3 is 24.8 Å². The predicted molar refractivity (Wildman–Crippen MR) is 124 cm³/mol. The van der Waals surface area contributed by atoms with Crippen LogP contribution in [0.15, 0.2) is 42.5 Å². The highest BCUT2D eigenvalue weighted by atomic mass is 16.5. The first-order chi connectivity index (χ1) is 14.8. The van der Waals surface area contributed by atoms with E-state index in [4.69, 9.17) is 14.6 Å². The molecule has 2 aromatic rings. The maximum absolute atomic E-state index is 10.7. The fourth-order valence-corrected chi connectivity index (χ4v) is 3.04. The number of hydrogen-bond donors (Lipinski definition) is 2. The van der Waals surface area contributed by atoms with Crippen molar-refractivity contribution in [2.45, 2.75) is 33.8 Å². The Hall–Kier alpha value is -2.57. The van der Waals surface area contributed by atoms with Crippen molar-refractivity contribution in [3.8, 4) is 11.5 Å². The topological polar surface area (TPSA) is 71.0 Å². The quantitative estimate of drug-likeness (QED) is 0.667. The summed E-state index contributed by atoms with van der Waals surface area (Å²) in [6.07, 6.45) is 0.0267. The van der Waals surface area contributed by atoms with Gasteiger partial charge in [-0.15, -0.1) is 0 Å². The van der Waals surface area contributed by atoms with Crippen LogP contribution in [0.5, 0.6) is 11.5 Å². The largest absolute Gasteiger partial charge is 0.493 e. The summed E-state index contributed by atoms with van der Waals surface area (Å²) in [6.45, 7) is 12.1. The molecular formula is C25H36N2O4.